The van der Waals surface area contributed by atoms with Crippen LogP contribution in [0.2, 0.25) is 0 Å². The molecule has 0 bridgehead atoms. The van der Waals surface area contributed by atoms with Gasteiger partial charge in [-0.2, -0.15) is 0 Å². The Morgan fingerprint density at radius 3 is 2.82 bits per heavy atom. The van der Waals surface area contributed by atoms with E-state index in [0.717, 1.165) is 31.0 Å². The molecule has 22 heavy (non-hydrogen) atoms. The molecule has 0 spiro atoms. The van der Waals surface area contributed by atoms with Crippen molar-refractivity contribution < 1.29 is 4.52 Å². The molecule has 0 aliphatic carbocycles. The molecule has 0 N–H and O–H groups in total. The molecule has 0 amide bonds. The Labute approximate surface area is 133 Å². The summed E-state index contributed by atoms with van der Waals surface area (Å²) in [4.78, 5) is 2.53. The van der Waals surface area contributed by atoms with Gasteiger partial charge in [0, 0.05) is 12.6 Å². The summed E-state index contributed by atoms with van der Waals surface area (Å²) in [5, 5.41) is 4.23. The normalized spacial score (nSPS) is 19.2. The number of nitrogens with zero attached hydrogens (tertiary/aromatic N) is 2. The Kier molecular flexibility index (Phi) is 4.34. The first-order chi connectivity index (χ1) is 10.5. The van der Waals surface area contributed by atoms with E-state index in [4.69, 9.17) is 4.52 Å². The largest absolute Gasteiger partial charge is 0.359 e. The summed E-state index contributed by atoms with van der Waals surface area (Å²) >= 11 is 0. The van der Waals surface area contributed by atoms with Crippen molar-refractivity contribution >= 4 is 0 Å². The Bertz CT molecular complexity index is 645. The third kappa shape index (κ3) is 3.09. The summed E-state index contributed by atoms with van der Waals surface area (Å²) in [7, 11) is 0. The van der Waals surface area contributed by atoms with Crippen LogP contribution in [0, 0.1) is 13.8 Å². The minimum atomic E-state index is 0.375. The number of benzene rings is 1. The molecule has 0 unspecified atom stereocenters. The quantitative estimate of drug-likeness (QED) is 0.815. The van der Waals surface area contributed by atoms with Crippen LogP contribution in [0.25, 0.3) is 0 Å². The molecule has 3 heteroatoms. The van der Waals surface area contributed by atoms with Crippen molar-refractivity contribution in [3.8, 4) is 0 Å². The molecule has 118 valence electrons. The second-order valence-electron chi connectivity index (χ2n) is 6.87. The van der Waals surface area contributed by atoms with Gasteiger partial charge in [-0.1, -0.05) is 42.8 Å². The molecular weight excluding hydrogens is 272 g/mol. The first-order valence-electron chi connectivity index (χ1n) is 8.31. The highest BCUT2D eigenvalue weighted by Crippen LogP contribution is 2.34. The highest BCUT2D eigenvalue weighted by atomic mass is 16.5. The second kappa shape index (κ2) is 6.25. The SMILES string of the molecule is Cc1ccc(C)c(CN2CCC[C@@H]2c2cc(C(C)C)no2)c1. The van der Waals surface area contributed by atoms with Crippen LogP contribution in [0.15, 0.2) is 28.8 Å². The van der Waals surface area contributed by atoms with Gasteiger partial charge in [0.25, 0.3) is 0 Å². The number of hydrogen-bond donors (Lipinski definition) is 0. The van der Waals surface area contributed by atoms with E-state index in [2.05, 4.69) is 62.0 Å². The predicted octanol–water partition coefficient (Wildman–Crippen LogP) is 4.75. The number of aromatic nitrogens is 1. The van der Waals surface area contributed by atoms with E-state index in [-0.39, 0.29) is 0 Å². The fourth-order valence-electron chi connectivity index (χ4n) is 3.26. The van der Waals surface area contributed by atoms with Crippen LogP contribution in [0.1, 0.15) is 66.8 Å². The average molecular weight is 298 g/mol. The highest BCUT2D eigenvalue weighted by molar-refractivity contribution is 5.30. The molecule has 1 aromatic carbocycles. The van der Waals surface area contributed by atoms with Crippen molar-refractivity contribution in [2.45, 2.75) is 59.0 Å². The van der Waals surface area contributed by atoms with Gasteiger partial charge in [0.1, 0.15) is 0 Å². The first kappa shape index (κ1) is 15.3. The summed E-state index contributed by atoms with van der Waals surface area (Å²) in [6.45, 7) is 10.8. The van der Waals surface area contributed by atoms with Crippen LogP contribution in [-0.4, -0.2) is 16.6 Å². The maximum atomic E-state index is 5.64. The predicted molar refractivity (Wildman–Crippen MR) is 88.9 cm³/mol. The maximum absolute atomic E-state index is 5.64. The molecule has 2 heterocycles. The van der Waals surface area contributed by atoms with Gasteiger partial charge in [0.15, 0.2) is 5.76 Å². The van der Waals surface area contributed by atoms with Crippen LogP contribution in [0.3, 0.4) is 0 Å². The van der Waals surface area contributed by atoms with Crippen molar-refractivity contribution in [2.24, 2.45) is 0 Å². The molecule has 1 aliphatic rings. The van der Waals surface area contributed by atoms with Gasteiger partial charge in [0.2, 0.25) is 0 Å². The second-order valence-corrected chi connectivity index (χ2v) is 6.87. The molecule has 0 radical (unpaired) electrons. The van der Waals surface area contributed by atoms with Gasteiger partial charge in [-0.25, -0.2) is 0 Å². The minimum Gasteiger partial charge on any atom is -0.359 e. The minimum absolute atomic E-state index is 0.375. The molecular formula is C19H26N2O. The third-order valence-corrected chi connectivity index (χ3v) is 4.71. The molecule has 1 fully saturated rings. The van der Waals surface area contributed by atoms with Crippen LogP contribution >= 0.6 is 0 Å². The van der Waals surface area contributed by atoms with E-state index in [1.165, 1.54) is 23.1 Å². The Morgan fingerprint density at radius 1 is 1.27 bits per heavy atom. The molecule has 1 saturated heterocycles. The van der Waals surface area contributed by atoms with Crippen molar-refractivity contribution in [1.29, 1.82) is 0 Å². The van der Waals surface area contributed by atoms with Gasteiger partial charge in [-0.15, -0.1) is 0 Å². The zero-order chi connectivity index (χ0) is 15.7. The van der Waals surface area contributed by atoms with E-state index in [1.54, 1.807) is 0 Å². The number of likely N-dealkylation sites (tertiary alicyclic amines) is 1. The zero-order valence-corrected chi connectivity index (χ0v) is 14.1. The molecule has 1 aliphatic heterocycles. The lowest BCUT2D eigenvalue weighted by Crippen LogP contribution is -2.23. The number of hydrogen-bond acceptors (Lipinski definition) is 3. The summed E-state index contributed by atoms with van der Waals surface area (Å²) in [5.41, 5.74) is 5.19. The Hall–Kier alpha value is -1.61. The molecule has 1 aromatic heterocycles. The first-order valence-corrected chi connectivity index (χ1v) is 8.31. The van der Waals surface area contributed by atoms with Crippen LogP contribution in [0.5, 0.6) is 0 Å². The van der Waals surface area contributed by atoms with Crippen LogP contribution < -0.4 is 0 Å². The van der Waals surface area contributed by atoms with E-state index < -0.39 is 0 Å². The monoisotopic (exact) mass is 298 g/mol. The lowest BCUT2D eigenvalue weighted by molar-refractivity contribution is 0.206. The zero-order valence-electron chi connectivity index (χ0n) is 14.1. The van der Waals surface area contributed by atoms with Crippen molar-refractivity contribution in [1.82, 2.24) is 10.1 Å². The fraction of sp³-hybridized carbons (Fsp3) is 0.526. The lowest BCUT2D eigenvalue weighted by atomic mass is 10.0. The standard InChI is InChI=1S/C19H26N2O/c1-13(2)17-11-19(22-20-17)18-6-5-9-21(18)12-16-10-14(3)7-8-15(16)4/h7-8,10-11,13,18H,5-6,9,12H2,1-4H3/t18-/m1/s1. The summed E-state index contributed by atoms with van der Waals surface area (Å²) < 4.78 is 5.64. The van der Waals surface area contributed by atoms with Gasteiger partial charge >= 0.3 is 0 Å². The Morgan fingerprint density at radius 2 is 2.09 bits per heavy atom. The lowest BCUT2D eigenvalue weighted by Gasteiger charge is -2.23. The molecule has 0 saturated carbocycles. The van der Waals surface area contributed by atoms with E-state index in [0.29, 0.717) is 12.0 Å². The molecule has 3 rings (SSSR count). The van der Waals surface area contributed by atoms with Crippen LogP contribution in [-0.2, 0) is 6.54 Å². The average Bonchev–Trinajstić information content (AvgIpc) is 3.11. The summed E-state index contributed by atoms with van der Waals surface area (Å²) in [5.74, 6) is 1.46. The van der Waals surface area contributed by atoms with Crippen LogP contribution in [0.4, 0.5) is 0 Å². The van der Waals surface area contributed by atoms with E-state index >= 15 is 0 Å². The topological polar surface area (TPSA) is 29.3 Å². The Balaban J connectivity index is 1.79. The highest BCUT2D eigenvalue weighted by Gasteiger charge is 2.29. The van der Waals surface area contributed by atoms with E-state index in [9.17, 15) is 0 Å². The summed E-state index contributed by atoms with van der Waals surface area (Å²) in [6.07, 6.45) is 2.39. The van der Waals surface area contributed by atoms with Gasteiger partial charge < -0.3 is 4.52 Å². The molecule has 3 nitrogen and oxygen atoms in total. The third-order valence-electron chi connectivity index (χ3n) is 4.71. The smallest absolute Gasteiger partial charge is 0.154 e. The fourth-order valence-corrected chi connectivity index (χ4v) is 3.26. The molecule has 2 aromatic rings. The van der Waals surface area contributed by atoms with Gasteiger partial charge in [0.05, 0.1) is 11.7 Å². The van der Waals surface area contributed by atoms with Crippen molar-refractivity contribution in [3.63, 3.8) is 0 Å². The van der Waals surface area contributed by atoms with Gasteiger partial charge in [-0.05, 0) is 50.3 Å². The maximum Gasteiger partial charge on any atom is 0.154 e. The van der Waals surface area contributed by atoms with Crippen molar-refractivity contribution in [2.75, 3.05) is 6.54 Å². The van der Waals surface area contributed by atoms with Crippen molar-refractivity contribution in [3.05, 3.63) is 52.4 Å². The number of rotatable bonds is 4. The van der Waals surface area contributed by atoms with E-state index in [1.807, 2.05) is 0 Å². The van der Waals surface area contributed by atoms with Gasteiger partial charge in [-0.3, -0.25) is 4.90 Å². The molecule has 1 atom stereocenters. The number of aryl methyl sites for hydroxylation is 2. The summed E-state index contributed by atoms with van der Waals surface area (Å²) in [6, 6.07) is 9.24.